The Hall–Kier alpha value is -2.41. The molecule has 1 heterocycles. The maximum Gasteiger partial charge on any atom is 0.325 e. The van der Waals surface area contributed by atoms with E-state index in [1.165, 1.54) is 5.48 Å². The van der Waals surface area contributed by atoms with Crippen molar-refractivity contribution in [3.05, 3.63) is 35.9 Å². The predicted octanol–water partition coefficient (Wildman–Crippen LogP) is 0.349. The second kappa shape index (κ2) is 5.30. The van der Waals surface area contributed by atoms with Crippen LogP contribution in [-0.2, 0) is 15.1 Å². The molecule has 0 bridgehead atoms. The van der Waals surface area contributed by atoms with Crippen molar-refractivity contribution in [3.8, 4) is 0 Å². The average Bonchev–Trinajstić information content (AvgIpc) is 2.73. The molecular weight excluding hydrogens is 262 g/mol. The van der Waals surface area contributed by atoms with E-state index in [0.717, 1.165) is 4.90 Å². The van der Waals surface area contributed by atoms with Gasteiger partial charge in [-0.15, -0.1) is 0 Å². The van der Waals surface area contributed by atoms with Gasteiger partial charge in [0.25, 0.3) is 11.8 Å². The van der Waals surface area contributed by atoms with E-state index >= 15 is 0 Å². The molecule has 1 aromatic rings. The van der Waals surface area contributed by atoms with Gasteiger partial charge in [-0.25, -0.2) is 10.3 Å². The fraction of sp³-hybridized carbons (Fsp3) is 0.308. The lowest BCUT2D eigenvalue weighted by Crippen LogP contribution is -2.44. The zero-order valence-corrected chi connectivity index (χ0v) is 10.9. The molecule has 1 unspecified atom stereocenters. The first-order chi connectivity index (χ1) is 9.55. The molecule has 1 atom stereocenters. The van der Waals surface area contributed by atoms with Crippen molar-refractivity contribution in [2.75, 3.05) is 6.54 Å². The monoisotopic (exact) mass is 277 g/mol. The van der Waals surface area contributed by atoms with Gasteiger partial charge in [-0.05, 0) is 12.0 Å². The molecule has 106 valence electrons. The molecule has 0 aliphatic carbocycles. The molecular formula is C13H15N3O4. The molecule has 0 radical (unpaired) electrons. The number of imide groups is 1. The third kappa shape index (κ3) is 2.12. The number of carbonyl (C=O) groups excluding carboxylic acids is 3. The smallest absolute Gasteiger partial charge is 0.319 e. The molecule has 1 saturated heterocycles. The highest BCUT2D eigenvalue weighted by atomic mass is 16.5. The van der Waals surface area contributed by atoms with Gasteiger partial charge in [0.1, 0.15) is 12.1 Å². The molecule has 0 spiro atoms. The molecule has 0 aromatic heterocycles. The predicted molar refractivity (Wildman–Crippen MR) is 68.6 cm³/mol. The summed E-state index contributed by atoms with van der Waals surface area (Å²) in [4.78, 5) is 36.4. The van der Waals surface area contributed by atoms with Crippen molar-refractivity contribution >= 4 is 17.8 Å². The van der Waals surface area contributed by atoms with Crippen LogP contribution in [0.25, 0.3) is 0 Å². The van der Waals surface area contributed by atoms with Crippen LogP contribution in [-0.4, -0.2) is 34.5 Å². The van der Waals surface area contributed by atoms with Crippen LogP contribution in [0.15, 0.2) is 30.3 Å². The summed E-state index contributed by atoms with van der Waals surface area (Å²) in [6, 6.07) is 8.20. The Morgan fingerprint density at radius 2 is 2.00 bits per heavy atom. The molecule has 1 aliphatic rings. The fourth-order valence-electron chi connectivity index (χ4n) is 2.31. The summed E-state index contributed by atoms with van der Waals surface area (Å²) in [5.41, 5.74) is 0.907. The SMILES string of the molecule is CCC1(c2ccccc2)NC(=O)N(CC(=O)NO)C1=O. The van der Waals surface area contributed by atoms with Gasteiger partial charge in [0.15, 0.2) is 0 Å². The molecule has 1 fully saturated rings. The standard InChI is InChI=1S/C13H15N3O4/c1-2-13(9-6-4-3-5-7-9)11(18)16(12(19)14-13)8-10(17)15-20/h3-7,20H,2,8H2,1H3,(H,14,19)(H,15,17). The minimum Gasteiger partial charge on any atom is -0.319 e. The summed E-state index contributed by atoms with van der Waals surface area (Å²) in [5, 5.41) is 11.1. The van der Waals surface area contributed by atoms with Crippen LogP contribution in [0, 0.1) is 0 Å². The summed E-state index contributed by atoms with van der Waals surface area (Å²) >= 11 is 0. The lowest BCUT2D eigenvalue weighted by atomic mass is 9.87. The van der Waals surface area contributed by atoms with E-state index in [1.54, 1.807) is 31.2 Å². The molecule has 3 N–H and O–H groups in total. The molecule has 7 heteroatoms. The maximum absolute atomic E-state index is 12.5. The van der Waals surface area contributed by atoms with Gasteiger partial charge in [-0.2, -0.15) is 0 Å². The normalized spacial score (nSPS) is 21.8. The van der Waals surface area contributed by atoms with E-state index in [2.05, 4.69) is 5.32 Å². The number of benzene rings is 1. The minimum atomic E-state index is -1.16. The molecule has 7 nitrogen and oxygen atoms in total. The number of hydroxylamine groups is 1. The van der Waals surface area contributed by atoms with E-state index < -0.39 is 29.9 Å². The molecule has 0 saturated carbocycles. The number of hydrogen-bond acceptors (Lipinski definition) is 4. The van der Waals surface area contributed by atoms with Gasteiger partial charge in [-0.1, -0.05) is 37.3 Å². The third-order valence-corrected chi connectivity index (χ3v) is 3.40. The van der Waals surface area contributed by atoms with Crippen LogP contribution < -0.4 is 10.8 Å². The Balaban J connectivity index is 2.36. The second-order valence-corrected chi connectivity index (χ2v) is 4.48. The lowest BCUT2D eigenvalue weighted by molar-refractivity contribution is -0.138. The molecule has 20 heavy (non-hydrogen) atoms. The first kappa shape index (κ1) is 14.0. The van der Waals surface area contributed by atoms with Crippen molar-refractivity contribution in [2.45, 2.75) is 18.9 Å². The number of urea groups is 1. The molecule has 4 amide bonds. The van der Waals surface area contributed by atoms with E-state index in [9.17, 15) is 14.4 Å². The third-order valence-electron chi connectivity index (χ3n) is 3.40. The lowest BCUT2D eigenvalue weighted by Gasteiger charge is -2.25. The van der Waals surface area contributed by atoms with Gasteiger partial charge in [0.2, 0.25) is 0 Å². The zero-order chi connectivity index (χ0) is 14.8. The summed E-state index contributed by atoms with van der Waals surface area (Å²) in [5.74, 6) is -1.33. The maximum atomic E-state index is 12.5. The number of nitrogens with one attached hydrogen (secondary N) is 2. The first-order valence-electron chi connectivity index (χ1n) is 6.17. The van der Waals surface area contributed by atoms with Crippen LogP contribution in [0.3, 0.4) is 0 Å². The van der Waals surface area contributed by atoms with Crippen molar-refractivity contribution in [1.29, 1.82) is 0 Å². The van der Waals surface area contributed by atoms with E-state index in [4.69, 9.17) is 5.21 Å². The summed E-state index contributed by atoms with van der Waals surface area (Å²) in [6.45, 7) is 1.26. The summed E-state index contributed by atoms with van der Waals surface area (Å²) in [6.07, 6.45) is 0.360. The fourth-order valence-corrected chi connectivity index (χ4v) is 2.31. The van der Waals surface area contributed by atoms with E-state index in [0.29, 0.717) is 12.0 Å². The summed E-state index contributed by atoms with van der Waals surface area (Å²) in [7, 11) is 0. The number of hydrogen-bond donors (Lipinski definition) is 3. The van der Waals surface area contributed by atoms with Gasteiger partial charge < -0.3 is 5.32 Å². The first-order valence-corrected chi connectivity index (χ1v) is 6.17. The molecule has 1 aliphatic heterocycles. The van der Waals surface area contributed by atoms with Crippen LogP contribution in [0.2, 0.25) is 0 Å². The van der Waals surface area contributed by atoms with Gasteiger partial charge in [-0.3, -0.25) is 19.7 Å². The van der Waals surface area contributed by atoms with Gasteiger partial charge >= 0.3 is 6.03 Å². The molecule has 2 rings (SSSR count). The van der Waals surface area contributed by atoms with Crippen molar-refractivity contribution < 1.29 is 19.6 Å². The zero-order valence-electron chi connectivity index (χ0n) is 10.9. The van der Waals surface area contributed by atoms with Crippen molar-refractivity contribution in [3.63, 3.8) is 0 Å². The van der Waals surface area contributed by atoms with Crippen molar-refractivity contribution in [1.82, 2.24) is 15.7 Å². The Labute approximate surface area is 115 Å². The van der Waals surface area contributed by atoms with Crippen LogP contribution in [0.1, 0.15) is 18.9 Å². The highest BCUT2D eigenvalue weighted by molar-refractivity contribution is 6.09. The van der Waals surface area contributed by atoms with Crippen molar-refractivity contribution in [2.24, 2.45) is 0 Å². The molecule has 1 aromatic carbocycles. The number of carbonyl (C=O) groups is 3. The Bertz CT molecular complexity index is 546. The number of amides is 4. The van der Waals surface area contributed by atoms with Crippen LogP contribution in [0.5, 0.6) is 0 Å². The Morgan fingerprint density at radius 3 is 2.55 bits per heavy atom. The Morgan fingerprint density at radius 1 is 1.35 bits per heavy atom. The quantitative estimate of drug-likeness (QED) is 0.420. The van der Waals surface area contributed by atoms with E-state index in [1.807, 2.05) is 6.07 Å². The highest BCUT2D eigenvalue weighted by Crippen LogP contribution is 2.32. The number of rotatable bonds is 4. The Kier molecular flexibility index (Phi) is 3.71. The number of nitrogens with zero attached hydrogens (tertiary/aromatic N) is 1. The largest absolute Gasteiger partial charge is 0.325 e. The topological polar surface area (TPSA) is 98.7 Å². The van der Waals surface area contributed by atoms with E-state index in [-0.39, 0.29) is 0 Å². The van der Waals surface area contributed by atoms with Gasteiger partial charge in [0.05, 0.1) is 0 Å². The second-order valence-electron chi connectivity index (χ2n) is 4.48. The highest BCUT2D eigenvalue weighted by Gasteiger charge is 2.51. The van der Waals surface area contributed by atoms with Crippen LogP contribution in [0.4, 0.5) is 4.79 Å². The summed E-state index contributed by atoms with van der Waals surface area (Å²) < 4.78 is 0. The van der Waals surface area contributed by atoms with Gasteiger partial charge in [0, 0.05) is 0 Å². The minimum absolute atomic E-state index is 0.360. The average molecular weight is 277 g/mol. The van der Waals surface area contributed by atoms with Crippen LogP contribution >= 0.6 is 0 Å².